The normalized spacial score (nSPS) is 11.0. The number of likely N-dealkylation sites (N-methyl/N-ethyl adjacent to an activating group) is 1. The molecule has 28 heavy (non-hydrogen) atoms. The van der Waals surface area contributed by atoms with Gasteiger partial charge in [-0.05, 0) is 61.0 Å². The maximum atomic E-state index is 14.2. The van der Waals surface area contributed by atoms with Crippen molar-refractivity contribution >= 4 is 51.0 Å². The molecule has 10 heteroatoms. The lowest BCUT2D eigenvalue weighted by molar-refractivity contribution is 0.0356. The lowest BCUT2D eigenvalue weighted by Gasteiger charge is -2.11. The van der Waals surface area contributed by atoms with Gasteiger partial charge in [0, 0.05) is 22.5 Å². The van der Waals surface area contributed by atoms with Gasteiger partial charge < -0.3 is 19.4 Å². The van der Waals surface area contributed by atoms with Gasteiger partial charge in [0.05, 0.1) is 17.7 Å². The molecule has 148 valence electrons. The Morgan fingerprint density at radius 1 is 1.36 bits per heavy atom. The van der Waals surface area contributed by atoms with Crippen LogP contribution in [0, 0.1) is 9.39 Å². The Morgan fingerprint density at radius 3 is 2.93 bits per heavy atom. The molecule has 8 nitrogen and oxygen atoms in total. The van der Waals surface area contributed by atoms with Gasteiger partial charge in [0.2, 0.25) is 0 Å². The monoisotopic (exact) mass is 500 g/mol. The Labute approximate surface area is 174 Å². The van der Waals surface area contributed by atoms with Crippen molar-refractivity contribution in [3.8, 4) is 5.95 Å². The van der Waals surface area contributed by atoms with Crippen LogP contribution in [0.1, 0.15) is 0 Å². The number of aromatic nitrogens is 1. The van der Waals surface area contributed by atoms with Gasteiger partial charge in [-0.3, -0.25) is 9.82 Å². The van der Waals surface area contributed by atoms with E-state index in [4.69, 9.17) is 14.0 Å². The average Bonchev–Trinajstić information content (AvgIpc) is 2.98. The maximum absolute atomic E-state index is 14.2. The average molecular weight is 500 g/mol. The first-order valence-corrected chi connectivity index (χ1v) is 9.35. The number of rotatable bonds is 7. The minimum absolute atomic E-state index is 0.130. The van der Waals surface area contributed by atoms with Crippen LogP contribution in [0.3, 0.4) is 0 Å². The number of halogens is 2. The van der Waals surface area contributed by atoms with E-state index in [-0.39, 0.29) is 23.9 Å². The van der Waals surface area contributed by atoms with Gasteiger partial charge in [0.15, 0.2) is 0 Å². The Hall–Kier alpha value is -2.44. The molecule has 2 heterocycles. The second-order valence-corrected chi connectivity index (χ2v) is 7.27. The van der Waals surface area contributed by atoms with E-state index in [1.807, 2.05) is 41.6 Å². The van der Waals surface area contributed by atoms with Crippen LogP contribution in [0.15, 0.2) is 41.1 Å². The first kappa shape index (κ1) is 20.3. The number of nitrogens with one attached hydrogen (secondary N) is 2. The van der Waals surface area contributed by atoms with Gasteiger partial charge in [0.1, 0.15) is 17.1 Å². The highest BCUT2D eigenvalue weighted by Crippen LogP contribution is 2.39. The molecule has 0 atom stereocenters. The fourth-order valence-electron chi connectivity index (χ4n) is 2.28. The number of furan rings is 1. The zero-order valence-corrected chi connectivity index (χ0v) is 17.3. The number of hydrogen-bond donors (Lipinski definition) is 2. The van der Waals surface area contributed by atoms with E-state index >= 15 is 0 Å². The van der Waals surface area contributed by atoms with Crippen molar-refractivity contribution in [3.05, 3.63) is 46.0 Å². The number of amides is 1. The summed E-state index contributed by atoms with van der Waals surface area (Å²) in [7, 11) is 3.76. The standard InChI is InChI=1S/C18H18FIN4O4/c1-24(2)7-8-26-23-18(25)28-17-16(12-10-21-6-5-15(12)27-17)22-14-4-3-11(20)9-13(14)19/h3-6,9-10,22H,7-8H2,1-2H3,(H,23,25). The Balaban J connectivity index is 1.80. The third-order valence-electron chi connectivity index (χ3n) is 3.63. The summed E-state index contributed by atoms with van der Waals surface area (Å²) in [5.41, 5.74) is 3.10. The molecule has 0 saturated heterocycles. The molecule has 0 aliphatic heterocycles. The predicted molar refractivity (Wildman–Crippen MR) is 110 cm³/mol. The van der Waals surface area contributed by atoms with Crippen molar-refractivity contribution in [2.75, 3.05) is 32.6 Å². The van der Waals surface area contributed by atoms with E-state index in [0.717, 1.165) is 3.57 Å². The Bertz CT molecular complexity index is 979. The first-order chi connectivity index (χ1) is 13.4. The summed E-state index contributed by atoms with van der Waals surface area (Å²) in [5.74, 6) is -0.581. The molecular formula is C18H18FIN4O4. The van der Waals surface area contributed by atoms with Gasteiger partial charge in [-0.1, -0.05) is 0 Å². The minimum Gasteiger partial charge on any atom is -0.424 e. The van der Waals surface area contributed by atoms with Crippen molar-refractivity contribution in [1.29, 1.82) is 0 Å². The zero-order chi connectivity index (χ0) is 20.1. The molecule has 0 radical (unpaired) electrons. The number of nitrogens with zero attached hydrogens (tertiary/aromatic N) is 2. The number of fused-ring (bicyclic) bond motifs is 1. The van der Waals surface area contributed by atoms with Gasteiger partial charge in [0.25, 0.3) is 0 Å². The predicted octanol–water partition coefficient (Wildman–Crippen LogP) is 3.90. The summed E-state index contributed by atoms with van der Waals surface area (Å²) in [6.45, 7) is 0.903. The summed E-state index contributed by atoms with van der Waals surface area (Å²) < 4.78 is 25.8. The number of carbonyl (C=O) groups excluding carboxylic acids is 1. The number of carbonyl (C=O) groups is 1. The molecule has 0 unspecified atom stereocenters. The fraction of sp³-hybridized carbons (Fsp3) is 0.222. The molecule has 2 aromatic heterocycles. The molecule has 3 aromatic rings. The van der Waals surface area contributed by atoms with Crippen LogP contribution in [0.5, 0.6) is 5.95 Å². The molecule has 0 aliphatic rings. The van der Waals surface area contributed by atoms with Crippen LogP contribution < -0.4 is 15.5 Å². The molecule has 3 rings (SSSR count). The van der Waals surface area contributed by atoms with Gasteiger partial charge in [-0.15, -0.1) is 0 Å². The van der Waals surface area contributed by atoms with E-state index in [1.54, 1.807) is 18.2 Å². The van der Waals surface area contributed by atoms with Crippen LogP contribution in [-0.4, -0.2) is 43.2 Å². The number of benzene rings is 1. The van der Waals surface area contributed by atoms with Crippen LogP contribution in [-0.2, 0) is 4.84 Å². The van der Waals surface area contributed by atoms with E-state index in [2.05, 4.69) is 15.8 Å². The molecular weight excluding hydrogens is 482 g/mol. The summed E-state index contributed by atoms with van der Waals surface area (Å²) in [5, 5.41) is 3.45. The molecule has 0 aliphatic carbocycles. The molecule has 0 bridgehead atoms. The molecule has 2 N–H and O–H groups in total. The van der Waals surface area contributed by atoms with Gasteiger partial charge >= 0.3 is 12.0 Å². The number of anilines is 2. The van der Waals surface area contributed by atoms with E-state index < -0.39 is 11.9 Å². The molecule has 0 saturated carbocycles. The van der Waals surface area contributed by atoms with Crippen LogP contribution in [0.4, 0.5) is 20.6 Å². The van der Waals surface area contributed by atoms with Crippen LogP contribution in [0.25, 0.3) is 11.0 Å². The third-order valence-corrected chi connectivity index (χ3v) is 4.30. The first-order valence-electron chi connectivity index (χ1n) is 8.27. The largest absolute Gasteiger partial charge is 0.439 e. The van der Waals surface area contributed by atoms with Crippen molar-refractivity contribution in [3.63, 3.8) is 0 Å². The number of hydroxylamine groups is 1. The van der Waals surface area contributed by atoms with Crippen molar-refractivity contribution in [1.82, 2.24) is 15.4 Å². The number of ether oxygens (including phenoxy) is 1. The Kier molecular flexibility index (Phi) is 6.65. The second-order valence-electron chi connectivity index (χ2n) is 6.03. The minimum atomic E-state index is -0.864. The summed E-state index contributed by atoms with van der Waals surface area (Å²) in [6.07, 6.45) is 2.20. The van der Waals surface area contributed by atoms with Gasteiger partial charge in [-0.2, -0.15) is 5.48 Å². The number of pyridine rings is 1. The zero-order valence-electron chi connectivity index (χ0n) is 15.2. The van der Waals surface area contributed by atoms with Crippen molar-refractivity contribution in [2.24, 2.45) is 0 Å². The van der Waals surface area contributed by atoms with E-state index in [1.165, 1.54) is 18.5 Å². The quantitative estimate of drug-likeness (QED) is 0.289. The van der Waals surface area contributed by atoms with Crippen LogP contribution >= 0.6 is 22.6 Å². The van der Waals surface area contributed by atoms with E-state index in [0.29, 0.717) is 17.5 Å². The number of hydrogen-bond acceptors (Lipinski definition) is 7. The summed E-state index contributed by atoms with van der Waals surface area (Å²) >= 11 is 2.02. The molecule has 1 aromatic carbocycles. The lowest BCUT2D eigenvalue weighted by atomic mass is 10.2. The SMILES string of the molecule is CN(C)CCONC(=O)Oc1oc2ccncc2c1Nc1ccc(I)cc1F. The highest BCUT2D eigenvalue weighted by Gasteiger charge is 2.20. The second kappa shape index (κ2) is 9.17. The Morgan fingerprint density at radius 2 is 2.18 bits per heavy atom. The van der Waals surface area contributed by atoms with E-state index in [9.17, 15) is 9.18 Å². The molecule has 0 spiro atoms. The highest BCUT2D eigenvalue weighted by molar-refractivity contribution is 14.1. The fourth-order valence-corrected chi connectivity index (χ4v) is 2.73. The van der Waals surface area contributed by atoms with Crippen molar-refractivity contribution < 1.29 is 23.2 Å². The lowest BCUT2D eigenvalue weighted by Crippen LogP contribution is -2.30. The molecule has 1 amide bonds. The van der Waals surface area contributed by atoms with Crippen LogP contribution in [0.2, 0.25) is 0 Å². The summed E-state index contributed by atoms with van der Waals surface area (Å²) in [4.78, 5) is 23.0. The summed E-state index contributed by atoms with van der Waals surface area (Å²) in [6, 6.07) is 6.33. The van der Waals surface area contributed by atoms with Gasteiger partial charge in [-0.25, -0.2) is 9.18 Å². The topological polar surface area (TPSA) is 88.9 Å². The maximum Gasteiger partial charge on any atom is 0.439 e. The van der Waals surface area contributed by atoms with Crippen molar-refractivity contribution in [2.45, 2.75) is 0 Å². The smallest absolute Gasteiger partial charge is 0.424 e. The highest BCUT2D eigenvalue weighted by atomic mass is 127. The third kappa shape index (κ3) is 5.09. The molecule has 0 fully saturated rings.